The van der Waals surface area contributed by atoms with Crippen LogP contribution >= 0.6 is 31.3 Å². The number of phosphoric ester groups is 2. The van der Waals surface area contributed by atoms with Gasteiger partial charge in [-0.15, -0.1) is 6.58 Å². The first-order valence-corrected chi connectivity index (χ1v) is 15.2. The molecule has 0 fully saturated rings. The van der Waals surface area contributed by atoms with Crippen LogP contribution in [0.4, 0.5) is 0 Å². The van der Waals surface area contributed by atoms with E-state index < -0.39 is 31.3 Å². The monoisotopic (exact) mass is 578 g/mol. The van der Waals surface area contributed by atoms with E-state index in [0.29, 0.717) is 12.0 Å². The van der Waals surface area contributed by atoms with Crippen LogP contribution in [0.3, 0.4) is 0 Å². The first-order valence-electron chi connectivity index (χ1n) is 9.09. The van der Waals surface area contributed by atoms with Crippen LogP contribution in [-0.2, 0) is 31.6 Å². The van der Waals surface area contributed by atoms with Crippen molar-refractivity contribution in [3.05, 3.63) is 35.5 Å². The second-order valence-electron chi connectivity index (χ2n) is 6.75. The quantitative estimate of drug-likeness (QED) is 0.122. The average molecular weight is 578 g/mol. The van der Waals surface area contributed by atoms with Gasteiger partial charge in [0.15, 0.2) is 0 Å². The Kier molecular flexibility index (Phi) is 20.3. The molecule has 0 aliphatic heterocycles. The topological polar surface area (TPSA) is 258 Å². The van der Waals surface area contributed by atoms with Crippen molar-refractivity contribution >= 4 is 31.3 Å². The summed E-state index contributed by atoms with van der Waals surface area (Å²) in [6, 6.07) is 0. The van der Waals surface area contributed by atoms with Crippen LogP contribution in [0.25, 0.3) is 0 Å². The lowest BCUT2D eigenvalue weighted by Crippen LogP contribution is -1.96. The number of hydrogen-bond acceptors (Lipinski definition) is 7. The van der Waals surface area contributed by atoms with Gasteiger partial charge in [-0.2, -0.15) is 4.31 Å². The Balaban J connectivity index is -0.000000473. The van der Waals surface area contributed by atoms with E-state index in [0.717, 1.165) is 18.4 Å². The summed E-state index contributed by atoms with van der Waals surface area (Å²) in [5.74, 6) is 0. The van der Waals surface area contributed by atoms with Gasteiger partial charge >= 0.3 is 31.3 Å². The third kappa shape index (κ3) is 45.2. The molecule has 0 aromatic carbocycles. The first-order chi connectivity index (χ1) is 14.9. The second kappa shape index (κ2) is 18.0. The normalized spacial score (nSPS) is 14.1. The van der Waals surface area contributed by atoms with Gasteiger partial charge in [-0.3, -0.25) is 9.05 Å². The Labute approximate surface area is 198 Å². The first kappa shape index (κ1) is 38.2. The Morgan fingerprint density at radius 1 is 0.765 bits per heavy atom. The summed E-state index contributed by atoms with van der Waals surface area (Å²) in [5.41, 5.74) is 3.05. The van der Waals surface area contributed by atoms with Crippen molar-refractivity contribution < 1.29 is 70.8 Å². The highest BCUT2D eigenvalue weighted by atomic mass is 31.3. The Hall–Kier alpha value is -0.300. The van der Waals surface area contributed by atoms with Crippen LogP contribution in [0.2, 0.25) is 0 Å². The van der Waals surface area contributed by atoms with Gasteiger partial charge in [-0.05, 0) is 47.0 Å². The predicted octanol–water partition coefficient (Wildman–Crippen LogP) is 3.04. The number of allylic oxidation sites excluding steroid dienone is 3. The van der Waals surface area contributed by atoms with Crippen molar-refractivity contribution in [1.82, 2.24) is 0 Å². The number of phosphoric acid groups is 4. The fourth-order valence-electron chi connectivity index (χ4n) is 1.46. The molecule has 204 valence electrons. The van der Waals surface area contributed by atoms with E-state index in [2.05, 4.69) is 26.0 Å². The lowest BCUT2D eigenvalue weighted by Gasteiger charge is -2.11. The third-order valence-corrected chi connectivity index (χ3v) is 5.43. The van der Waals surface area contributed by atoms with Gasteiger partial charge in [-0.25, -0.2) is 18.3 Å². The summed E-state index contributed by atoms with van der Waals surface area (Å²) in [5, 5.41) is 0. The van der Waals surface area contributed by atoms with Gasteiger partial charge < -0.3 is 39.1 Å². The Morgan fingerprint density at radius 2 is 1.24 bits per heavy atom. The fraction of sp³-hybridized carbons (Fsp3) is 0.600. The van der Waals surface area contributed by atoms with Gasteiger partial charge in [0.05, 0.1) is 13.2 Å². The zero-order valence-electron chi connectivity index (χ0n) is 19.1. The smallest absolute Gasteiger partial charge is 0.303 e. The van der Waals surface area contributed by atoms with E-state index in [1.807, 2.05) is 20.8 Å². The third-order valence-electron chi connectivity index (χ3n) is 2.76. The summed E-state index contributed by atoms with van der Waals surface area (Å²) in [4.78, 5) is 63.6. The van der Waals surface area contributed by atoms with Crippen molar-refractivity contribution in [3.8, 4) is 0 Å². The number of rotatable bonds is 12. The Morgan fingerprint density at radius 3 is 1.59 bits per heavy atom. The molecule has 0 spiro atoms. The molecule has 0 heterocycles. The zero-order chi connectivity index (χ0) is 27.8. The molecule has 15 nitrogen and oxygen atoms in total. The lowest BCUT2D eigenvalue weighted by molar-refractivity contribution is 0.179. The summed E-state index contributed by atoms with van der Waals surface area (Å²) in [6.07, 6.45) is 5.95. The SMILES string of the molecule is C=C(C)CCOP(=O)(O)OP(=O)(O)O.CC(C)=CCC/C(C)=C/COP(=O)(O)O.O=P(O)(O)O. The molecular weight excluding hydrogens is 544 g/mol. The van der Waals surface area contributed by atoms with Crippen molar-refractivity contribution in [2.75, 3.05) is 13.2 Å². The highest BCUT2D eigenvalue weighted by Crippen LogP contribution is 2.57. The minimum atomic E-state index is -5.01. The maximum Gasteiger partial charge on any atom is 0.481 e. The van der Waals surface area contributed by atoms with Crippen LogP contribution in [0.15, 0.2) is 35.5 Å². The molecule has 0 rings (SSSR count). The molecule has 0 aliphatic rings. The van der Waals surface area contributed by atoms with Gasteiger partial charge in [0, 0.05) is 0 Å². The summed E-state index contributed by atoms with van der Waals surface area (Å²) in [6.45, 7) is 10.9. The zero-order valence-corrected chi connectivity index (χ0v) is 22.7. The molecule has 0 saturated heterocycles. The fourth-order valence-corrected chi connectivity index (χ4v) is 3.32. The van der Waals surface area contributed by atoms with E-state index >= 15 is 0 Å². The van der Waals surface area contributed by atoms with Gasteiger partial charge in [0.2, 0.25) is 0 Å². The van der Waals surface area contributed by atoms with Crippen LogP contribution < -0.4 is 0 Å². The molecule has 0 aromatic heterocycles. The van der Waals surface area contributed by atoms with E-state index in [1.54, 1.807) is 13.0 Å². The molecule has 1 atom stereocenters. The predicted molar refractivity (Wildman–Crippen MR) is 123 cm³/mol. The largest absolute Gasteiger partial charge is 0.481 e. The molecule has 8 N–H and O–H groups in total. The van der Waals surface area contributed by atoms with E-state index in [1.165, 1.54) is 5.57 Å². The van der Waals surface area contributed by atoms with Gasteiger partial charge in [0.25, 0.3) is 0 Å². The van der Waals surface area contributed by atoms with Crippen molar-refractivity contribution in [1.29, 1.82) is 0 Å². The van der Waals surface area contributed by atoms with Crippen LogP contribution in [-0.4, -0.2) is 52.4 Å². The highest BCUT2D eigenvalue weighted by molar-refractivity contribution is 7.60. The average Bonchev–Trinajstić information content (AvgIpc) is 2.49. The molecule has 0 radical (unpaired) electrons. The van der Waals surface area contributed by atoms with Crippen molar-refractivity contribution in [2.45, 2.75) is 47.0 Å². The van der Waals surface area contributed by atoms with Crippen LogP contribution in [0.5, 0.6) is 0 Å². The summed E-state index contributed by atoms with van der Waals surface area (Å²) < 4.78 is 52.3. The van der Waals surface area contributed by atoms with E-state index in [9.17, 15) is 13.7 Å². The highest BCUT2D eigenvalue weighted by Gasteiger charge is 2.31. The maximum absolute atomic E-state index is 10.8. The van der Waals surface area contributed by atoms with E-state index in [-0.39, 0.29) is 13.2 Å². The van der Waals surface area contributed by atoms with Crippen LogP contribution in [0.1, 0.15) is 47.0 Å². The molecule has 0 bridgehead atoms. The Bertz CT molecular complexity index is 836. The summed E-state index contributed by atoms with van der Waals surface area (Å²) in [7, 11) is -18.6. The molecule has 0 amide bonds. The van der Waals surface area contributed by atoms with Crippen LogP contribution in [0, 0.1) is 0 Å². The van der Waals surface area contributed by atoms with Crippen molar-refractivity contribution in [3.63, 3.8) is 0 Å². The van der Waals surface area contributed by atoms with E-state index in [4.69, 9.17) is 43.7 Å². The van der Waals surface area contributed by atoms with Crippen molar-refractivity contribution in [2.24, 2.45) is 0 Å². The van der Waals surface area contributed by atoms with Gasteiger partial charge in [0.1, 0.15) is 0 Å². The molecule has 0 saturated carbocycles. The molecule has 0 aliphatic carbocycles. The molecule has 19 heteroatoms. The second-order valence-corrected chi connectivity index (χ2v) is 11.8. The summed E-state index contributed by atoms with van der Waals surface area (Å²) >= 11 is 0. The standard InChI is InChI=1S/C10H19O4P.C5H12O7P2.H3O4P/c1-9(2)5-4-6-10(3)7-8-14-15(11,12)13;1-5(2)3-4-11-14(9,10)12-13(6,7)8;1-5(2,3)4/h5,7H,4,6,8H2,1-3H3,(H2,11,12,13);1,3-4H2,2H3,(H,9,10)(H2,6,7,8);(H3,1,2,3,4)/b10-7+;;. The molecule has 0 aromatic rings. The minimum Gasteiger partial charge on any atom is -0.303 e. The lowest BCUT2D eigenvalue weighted by atomic mass is 10.1. The molecular formula is C15H34O15P4. The number of hydrogen-bond donors (Lipinski definition) is 8. The maximum atomic E-state index is 10.8. The molecule has 34 heavy (non-hydrogen) atoms. The minimum absolute atomic E-state index is 0.0368. The molecule has 1 unspecified atom stereocenters. The van der Waals surface area contributed by atoms with Gasteiger partial charge in [-0.1, -0.05) is 28.9 Å².